The van der Waals surface area contributed by atoms with Crippen LogP contribution in [0, 0.1) is 23.3 Å². The number of amides is 6. The molecule has 4 N–H and O–H groups in total. The number of benzene rings is 4. The van der Waals surface area contributed by atoms with Crippen LogP contribution in [0.25, 0.3) is 20.4 Å². The minimum Gasteiger partial charge on any atom is -0.326 e. The highest BCUT2D eigenvalue weighted by Crippen LogP contribution is 2.25. The van der Waals surface area contributed by atoms with Crippen LogP contribution in [0.5, 0.6) is 0 Å². The summed E-state index contributed by atoms with van der Waals surface area (Å²) in [5, 5.41) is 11.8. The molecule has 23 heteroatoms. The molecule has 16 nitrogen and oxygen atoms in total. The second-order valence-corrected chi connectivity index (χ2v) is 15.4. The third kappa shape index (κ3) is 10.2. The molecular formula is C34H28F4N10O6S3. The van der Waals surface area contributed by atoms with Crippen molar-refractivity contribution in [1.29, 1.82) is 0 Å². The highest BCUT2D eigenvalue weighted by Gasteiger charge is 2.31. The van der Waals surface area contributed by atoms with Gasteiger partial charge in [0.15, 0.2) is 0 Å². The first-order valence-corrected chi connectivity index (χ1v) is 19.4. The number of halogens is 4. The van der Waals surface area contributed by atoms with Crippen molar-refractivity contribution in [2.45, 2.75) is 24.9 Å². The average Bonchev–Trinajstić information content (AvgIpc) is 3.81. The van der Waals surface area contributed by atoms with Gasteiger partial charge in [0.05, 0.1) is 9.40 Å². The second kappa shape index (κ2) is 16.9. The van der Waals surface area contributed by atoms with Crippen LogP contribution in [0.15, 0.2) is 72.8 Å². The van der Waals surface area contributed by atoms with Crippen LogP contribution in [-0.2, 0) is 32.6 Å². The summed E-state index contributed by atoms with van der Waals surface area (Å²) in [5.41, 5.74) is 1.31. The van der Waals surface area contributed by atoms with E-state index >= 15 is 0 Å². The first-order chi connectivity index (χ1) is 27.0. The predicted molar refractivity (Wildman–Crippen MR) is 202 cm³/mol. The van der Waals surface area contributed by atoms with Gasteiger partial charge < -0.3 is 15.1 Å². The van der Waals surface area contributed by atoms with Crippen molar-refractivity contribution in [2.24, 2.45) is 0 Å². The zero-order valence-corrected chi connectivity index (χ0v) is 31.8. The lowest BCUT2D eigenvalue weighted by Gasteiger charge is -2.25. The maximum atomic E-state index is 14.1. The molecule has 2 aromatic heterocycles. The van der Waals surface area contributed by atoms with E-state index in [0.717, 1.165) is 61.8 Å². The quantitative estimate of drug-likeness (QED) is 0.131. The number of likely N-dealkylation sites (N-methyl/N-ethyl adjacent to an activating group) is 2. The number of aromatic nitrogens is 4. The molecule has 0 aliphatic rings. The largest absolute Gasteiger partial charge is 0.337 e. The number of hydrogen-bond acceptors (Lipinski definition) is 12. The van der Waals surface area contributed by atoms with Gasteiger partial charge in [-0.15, -0.1) is 10.2 Å². The molecule has 0 spiro atoms. The molecule has 57 heavy (non-hydrogen) atoms. The van der Waals surface area contributed by atoms with Gasteiger partial charge in [-0.25, -0.2) is 31.9 Å². The molecule has 6 amide bonds. The van der Waals surface area contributed by atoms with E-state index in [9.17, 15) is 45.2 Å². The van der Waals surface area contributed by atoms with Crippen molar-refractivity contribution >= 4 is 89.0 Å². The highest BCUT2D eigenvalue weighted by molar-refractivity contribution is 7.88. The van der Waals surface area contributed by atoms with Gasteiger partial charge in [-0.3, -0.25) is 14.9 Å². The van der Waals surface area contributed by atoms with E-state index in [2.05, 4.69) is 24.5 Å². The summed E-state index contributed by atoms with van der Waals surface area (Å²) in [6.45, 7) is 0. The molecule has 296 valence electrons. The van der Waals surface area contributed by atoms with Gasteiger partial charge in [0, 0.05) is 44.0 Å². The smallest absolute Gasteiger partial charge is 0.326 e. The molecule has 2 heterocycles. The molecule has 0 saturated carbocycles. The summed E-state index contributed by atoms with van der Waals surface area (Å²) < 4.78 is 95.3. The topological polar surface area (TPSA) is 209 Å². The van der Waals surface area contributed by atoms with Crippen LogP contribution in [0.3, 0.4) is 0 Å². The fraction of sp³-hybridized carbons (Fsp3) is 0.176. The molecule has 0 bridgehead atoms. The number of rotatable bonds is 12. The summed E-state index contributed by atoms with van der Waals surface area (Å²) in [4.78, 5) is 55.5. The summed E-state index contributed by atoms with van der Waals surface area (Å²) >= 11 is 2.21. The van der Waals surface area contributed by atoms with Crippen molar-refractivity contribution in [3.63, 3.8) is 0 Å². The van der Waals surface area contributed by atoms with E-state index in [1.54, 1.807) is 29.6 Å². The minimum atomic E-state index is -5.03. The lowest BCUT2D eigenvalue weighted by molar-refractivity contribution is -0.120. The maximum Gasteiger partial charge on any atom is 0.337 e. The zero-order valence-electron chi connectivity index (χ0n) is 29.4. The van der Waals surface area contributed by atoms with Crippen LogP contribution >= 0.6 is 23.1 Å². The Morgan fingerprint density at radius 3 is 1.56 bits per heavy atom. The molecule has 0 saturated heterocycles. The van der Waals surface area contributed by atoms with Gasteiger partial charge in [0.1, 0.15) is 46.4 Å². The van der Waals surface area contributed by atoms with Gasteiger partial charge >= 0.3 is 22.3 Å². The first kappa shape index (κ1) is 40.5. The van der Waals surface area contributed by atoms with Gasteiger partial charge in [-0.05, 0) is 101 Å². The number of carbonyl (C=O) groups is 4. The Kier molecular flexibility index (Phi) is 12.0. The third-order valence-electron chi connectivity index (χ3n) is 8.27. The average molecular weight is 845 g/mol. The van der Waals surface area contributed by atoms with Gasteiger partial charge in [0.2, 0.25) is 11.8 Å². The van der Waals surface area contributed by atoms with Crippen molar-refractivity contribution in [2.75, 3.05) is 23.9 Å². The van der Waals surface area contributed by atoms with Crippen molar-refractivity contribution < 1.29 is 45.2 Å². The lowest BCUT2D eigenvalue weighted by Crippen LogP contribution is -2.57. The fourth-order valence-corrected chi connectivity index (χ4v) is 7.64. The number of fused-ring (bicyclic) bond motifs is 2. The zero-order chi connectivity index (χ0) is 41.0. The number of nitrogens with zero attached hydrogens (tertiary/aromatic N) is 6. The lowest BCUT2D eigenvalue weighted by atomic mass is 10.0. The van der Waals surface area contributed by atoms with Gasteiger partial charge in [-0.2, -0.15) is 13.1 Å². The van der Waals surface area contributed by atoms with Gasteiger partial charge in [-0.1, -0.05) is 8.98 Å². The Balaban J connectivity index is 1.17. The van der Waals surface area contributed by atoms with E-state index in [1.807, 2.05) is 4.72 Å². The molecular weight excluding hydrogens is 817 g/mol. The SMILES string of the molecule is CN(C(=O)C(Cc1cc(F)cc(F)c1)NC(=O)NC(=O)NS(=O)(=O)N[C@@H](Cc1cc(F)cc(F)c1)C(=O)N(C)c1ccc2snnc2c1)c1ccc2snnc2c1. The van der Waals surface area contributed by atoms with Crippen molar-refractivity contribution in [1.82, 2.24) is 39.3 Å². The van der Waals surface area contributed by atoms with E-state index in [0.29, 0.717) is 33.6 Å². The van der Waals surface area contributed by atoms with Crippen molar-refractivity contribution in [3.05, 3.63) is 107 Å². The molecule has 0 fully saturated rings. The standard InChI is InChI=1S/C34H28F4N10O6S3/c1-47(23-3-5-29-25(15-23)41-45-55-29)31(49)27(11-17-7-19(35)13-20(36)8-17)39-33(51)40-34(52)44-57(53,54)43-28(12-18-9-21(37)14-22(38)10-18)32(50)48(2)24-4-6-30-26(16-24)42-46-56-30/h3-10,13-16,27-28,43H,11-12H2,1-2H3,(H3,39,40,44,51,52)/t27?,28-/m0/s1. The summed E-state index contributed by atoms with van der Waals surface area (Å²) in [6.07, 6.45) is -1.07. The Bertz CT molecular complexity index is 2590. The summed E-state index contributed by atoms with van der Waals surface area (Å²) in [5.74, 6) is -5.65. The number of anilines is 2. The van der Waals surface area contributed by atoms with Crippen LogP contribution < -0.4 is 29.9 Å². The molecule has 6 rings (SSSR count). The summed E-state index contributed by atoms with van der Waals surface area (Å²) in [7, 11) is -2.37. The molecule has 2 atom stereocenters. The molecule has 4 aromatic carbocycles. The molecule has 1 unspecified atom stereocenters. The monoisotopic (exact) mass is 844 g/mol. The summed E-state index contributed by atoms with van der Waals surface area (Å²) in [6, 6.07) is 7.85. The van der Waals surface area contributed by atoms with Crippen LogP contribution in [0.2, 0.25) is 0 Å². The Hall–Kier alpha value is -6.17. The number of carbonyl (C=O) groups excluding carboxylic acids is 4. The Morgan fingerprint density at radius 1 is 0.649 bits per heavy atom. The minimum absolute atomic E-state index is 0.0445. The number of urea groups is 2. The normalized spacial score (nSPS) is 12.5. The van der Waals surface area contributed by atoms with Crippen LogP contribution in [0.4, 0.5) is 38.5 Å². The van der Waals surface area contributed by atoms with Gasteiger partial charge in [0.25, 0.3) is 0 Å². The van der Waals surface area contributed by atoms with Crippen LogP contribution in [0.1, 0.15) is 11.1 Å². The molecule has 0 radical (unpaired) electrons. The van der Waals surface area contributed by atoms with E-state index in [1.165, 1.54) is 31.0 Å². The molecule has 6 aromatic rings. The first-order valence-electron chi connectivity index (χ1n) is 16.3. The number of nitrogens with one attached hydrogen (secondary N) is 4. The second-order valence-electron chi connectivity index (χ2n) is 12.4. The number of imide groups is 1. The predicted octanol–water partition coefficient (Wildman–Crippen LogP) is 3.94. The fourth-order valence-electron chi connectivity index (χ4n) is 5.65. The third-order valence-corrected chi connectivity index (χ3v) is 10.7. The Labute approximate surface area is 328 Å². The molecule has 0 aliphatic carbocycles. The van der Waals surface area contributed by atoms with Crippen LogP contribution in [-0.4, -0.2) is 77.6 Å². The Morgan fingerprint density at radius 2 is 1.09 bits per heavy atom. The van der Waals surface area contributed by atoms with E-state index in [-0.39, 0.29) is 16.8 Å². The highest BCUT2D eigenvalue weighted by atomic mass is 32.2. The number of hydrogen-bond donors (Lipinski definition) is 4. The molecule has 0 aliphatic heterocycles. The maximum absolute atomic E-state index is 14.1. The van der Waals surface area contributed by atoms with E-state index in [4.69, 9.17) is 0 Å². The van der Waals surface area contributed by atoms with E-state index < -0.39 is 82.3 Å². The van der Waals surface area contributed by atoms with Crippen molar-refractivity contribution in [3.8, 4) is 0 Å².